The lowest BCUT2D eigenvalue weighted by molar-refractivity contribution is 0.207. The minimum Gasteiger partial charge on any atom is -0.474 e. The van der Waals surface area contributed by atoms with Crippen molar-refractivity contribution in [1.82, 2.24) is 9.97 Å². The molecule has 0 bridgehead atoms. The van der Waals surface area contributed by atoms with Gasteiger partial charge in [-0.15, -0.1) is 0 Å². The van der Waals surface area contributed by atoms with Gasteiger partial charge in [0.2, 0.25) is 11.8 Å². The van der Waals surface area contributed by atoms with Crippen LogP contribution in [0.25, 0.3) is 0 Å². The molecular formula is C19H26N2O3. The zero-order valence-corrected chi connectivity index (χ0v) is 14.8. The Morgan fingerprint density at radius 1 is 0.958 bits per heavy atom. The molecule has 0 aliphatic carbocycles. The molecule has 1 N–H and O–H groups in total. The van der Waals surface area contributed by atoms with Crippen molar-refractivity contribution in [1.29, 1.82) is 0 Å². The van der Waals surface area contributed by atoms with E-state index < -0.39 is 0 Å². The monoisotopic (exact) mass is 330 g/mol. The van der Waals surface area contributed by atoms with Gasteiger partial charge in [0.25, 0.3) is 0 Å². The van der Waals surface area contributed by atoms with Gasteiger partial charge in [-0.3, -0.25) is 0 Å². The van der Waals surface area contributed by atoms with Gasteiger partial charge in [0.15, 0.2) is 0 Å². The Morgan fingerprint density at radius 2 is 1.62 bits per heavy atom. The molecule has 5 heteroatoms. The zero-order chi connectivity index (χ0) is 17.5. The van der Waals surface area contributed by atoms with Crippen molar-refractivity contribution in [3.63, 3.8) is 0 Å². The fourth-order valence-electron chi connectivity index (χ4n) is 2.25. The second-order valence-electron chi connectivity index (χ2n) is 6.42. The Balaban J connectivity index is 2.29. The van der Waals surface area contributed by atoms with Crippen LogP contribution >= 0.6 is 0 Å². The van der Waals surface area contributed by atoms with E-state index in [1.54, 1.807) is 0 Å². The molecule has 0 amide bonds. The van der Waals surface area contributed by atoms with Crippen LogP contribution in [0.5, 0.6) is 11.8 Å². The minimum absolute atomic E-state index is 0.0346. The lowest BCUT2D eigenvalue weighted by Crippen LogP contribution is -2.14. The quantitative estimate of drug-likeness (QED) is 0.802. The van der Waals surface area contributed by atoms with Gasteiger partial charge in [-0.25, -0.2) is 9.97 Å². The SMILES string of the molecule is CC(C)Cc1nc(OC(C)C)c(CO)nc1OCc1ccccc1. The van der Waals surface area contributed by atoms with Crippen LogP contribution in [0.2, 0.25) is 0 Å². The van der Waals surface area contributed by atoms with E-state index in [0.29, 0.717) is 30.0 Å². The van der Waals surface area contributed by atoms with E-state index in [0.717, 1.165) is 17.7 Å². The molecule has 0 aliphatic heterocycles. The second-order valence-corrected chi connectivity index (χ2v) is 6.42. The number of hydrogen-bond donors (Lipinski definition) is 1. The highest BCUT2D eigenvalue weighted by atomic mass is 16.5. The summed E-state index contributed by atoms with van der Waals surface area (Å²) in [4.78, 5) is 9.02. The van der Waals surface area contributed by atoms with E-state index in [1.165, 1.54) is 0 Å². The lowest BCUT2D eigenvalue weighted by atomic mass is 10.1. The van der Waals surface area contributed by atoms with Gasteiger partial charge in [-0.05, 0) is 31.7 Å². The van der Waals surface area contributed by atoms with Crippen molar-refractivity contribution in [3.05, 3.63) is 47.3 Å². The second kappa shape index (κ2) is 8.64. The first kappa shape index (κ1) is 18.2. The van der Waals surface area contributed by atoms with Crippen LogP contribution in [0.15, 0.2) is 30.3 Å². The number of benzene rings is 1. The first-order valence-corrected chi connectivity index (χ1v) is 8.33. The van der Waals surface area contributed by atoms with E-state index in [1.807, 2.05) is 44.2 Å². The zero-order valence-electron chi connectivity index (χ0n) is 14.8. The summed E-state index contributed by atoms with van der Waals surface area (Å²) in [6, 6.07) is 9.91. The van der Waals surface area contributed by atoms with Crippen molar-refractivity contribution >= 4 is 0 Å². The van der Waals surface area contributed by atoms with Gasteiger partial charge in [-0.2, -0.15) is 0 Å². The Bertz CT molecular complexity index is 643. The molecule has 0 fully saturated rings. The van der Waals surface area contributed by atoms with Gasteiger partial charge in [0, 0.05) is 0 Å². The maximum absolute atomic E-state index is 9.58. The first-order valence-electron chi connectivity index (χ1n) is 8.33. The molecule has 24 heavy (non-hydrogen) atoms. The Morgan fingerprint density at radius 3 is 2.21 bits per heavy atom. The topological polar surface area (TPSA) is 64.5 Å². The summed E-state index contributed by atoms with van der Waals surface area (Å²) in [7, 11) is 0. The van der Waals surface area contributed by atoms with Gasteiger partial charge in [-0.1, -0.05) is 44.2 Å². The molecule has 0 saturated heterocycles. The first-order chi connectivity index (χ1) is 11.5. The summed E-state index contributed by atoms with van der Waals surface area (Å²) in [6.45, 7) is 8.25. The molecule has 0 atom stereocenters. The van der Waals surface area contributed by atoms with Crippen molar-refractivity contribution < 1.29 is 14.6 Å². The van der Waals surface area contributed by atoms with Crippen molar-refractivity contribution in [3.8, 4) is 11.8 Å². The smallest absolute Gasteiger partial charge is 0.238 e. The van der Waals surface area contributed by atoms with Gasteiger partial charge < -0.3 is 14.6 Å². The maximum Gasteiger partial charge on any atom is 0.238 e. The van der Waals surface area contributed by atoms with E-state index in [9.17, 15) is 5.11 Å². The number of aliphatic hydroxyl groups is 1. The number of aromatic nitrogens is 2. The molecule has 0 aliphatic rings. The van der Waals surface area contributed by atoms with Gasteiger partial charge >= 0.3 is 0 Å². The standard InChI is InChI=1S/C19H26N2O3/c1-13(2)10-16-18(23-12-15-8-6-5-7-9-15)21-17(11-22)19(20-16)24-14(3)4/h5-9,13-14,22H,10-12H2,1-4H3. The van der Waals surface area contributed by atoms with Crippen LogP contribution in [0.4, 0.5) is 0 Å². The minimum atomic E-state index is -0.237. The van der Waals surface area contributed by atoms with Crippen LogP contribution in [0, 0.1) is 5.92 Å². The Kier molecular flexibility index (Phi) is 6.55. The number of hydrogen-bond acceptors (Lipinski definition) is 5. The summed E-state index contributed by atoms with van der Waals surface area (Å²) in [5, 5.41) is 9.58. The fraction of sp³-hybridized carbons (Fsp3) is 0.474. The molecule has 1 aromatic carbocycles. The average molecular weight is 330 g/mol. The molecule has 2 rings (SSSR count). The van der Waals surface area contributed by atoms with Gasteiger partial charge in [0.1, 0.15) is 18.0 Å². The molecule has 0 radical (unpaired) electrons. The van der Waals surface area contributed by atoms with Crippen molar-refractivity contribution in [2.75, 3.05) is 0 Å². The molecule has 1 heterocycles. The third kappa shape index (κ3) is 5.20. The lowest BCUT2D eigenvalue weighted by Gasteiger charge is -2.17. The Labute approximate surface area is 143 Å². The molecule has 0 spiro atoms. The van der Waals surface area contributed by atoms with Crippen LogP contribution < -0.4 is 9.47 Å². The predicted molar refractivity (Wildman–Crippen MR) is 93.0 cm³/mol. The predicted octanol–water partition coefficient (Wildman–Crippen LogP) is 3.53. The number of aliphatic hydroxyl groups excluding tert-OH is 1. The van der Waals surface area contributed by atoms with E-state index in [-0.39, 0.29) is 12.7 Å². The van der Waals surface area contributed by atoms with Crippen molar-refractivity contribution in [2.24, 2.45) is 5.92 Å². The highest BCUT2D eigenvalue weighted by Crippen LogP contribution is 2.25. The van der Waals surface area contributed by atoms with Crippen LogP contribution in [0.1, 0.15) is 44.6 Å². The summed E-state index contributed by atoms with van der Waals surface area (Å²) in [5.74, 6) is 1.26. The highest BCUT2D eigenvalue weighted by molar-refractivity contribution is 5.29. The maximum atomic E-state index is 9.58. The molecular weight excluding hydrogens is 304 g/mol. The van der Waals surface area contributed by atoms with E-state index >= 15 is 0 Å². The van der Waals surface area contributed by atoms with Gasteiger partial charge in [0.05, 0.1) is 12.7 Å². The summed E-state index contributed by atoms with van der Waals surface area (Å²) < 4.78 is 11.6. The van der Waals surface area contributed by atoms with Crippen LogP contribution in [-0.4, -0.2) is 21.2 Å². The summed E-state index contributed by atoms with van der Waals surface area (Å²) >= 11 is 0. The molecule has 0 saturated carbocycles. The molecule has 1 aromatic heterocycles. The Hall–Kier alpha value is -2.14. The van der Waals surface area contributed by atoms with Crippen molar-refractivity contribution in [2.45, 2.75) is 53.4 Å². The molecule has 130 valence electrons. The van der Waals surface area contributed by atoms with Crippen LogP contribution in [-0.2, 0) is 19.6 Å². The third-order valence-corrected chi connectivity index (χ3v) is 3.28. The summed E-state index contributed by atoms with van der Waals surface area (Å²) in [5.41, 5.74) is 2.22. The van der Waals surface area contributed by atoms with E-state index in [2.05, 4.69) is 23.8 Å². The van der Waals surface area contributed by atoms with Crippen LogP contribution in [0.3, 0.4) is 0 Å². The fourth-order valence-corrected chi connectivity index (χ4v) is 2.25. The highest BCUT2D eigenvalue weighted by Gasteiger charge is 2.17. The molecule has 5 nitrogen and oxygen atoms in total. The number of ether oxygens (including phenoxy) is 2. The molecule has 2 aromatic rings. The average Bonchev–Trinajstić information content (AvgIpc) is 2.54. The number of nitrogens with zero attached hydrogens (tertiary/aromatic N) is 2. The largest absolute Gasteiger partial charge is 0.474 e. The third-order valence-electron chi connectivity index (χ3n) is 3.28. The van der Waals surface area contributed by atoms with E-state index in [4.69, 9.17) is 9.47 Å². The molecule has 0 unspecified atom stereocenters. The summed E-state index contributed by atoms with van der Waals surface area (Å²) in [6.07, 6.45) is 0.699. The normalized spacial score (nSPS) is 11.1. The number of rotatable bonds is 8.